The van der Waals surface area contributed by atoms with Crippen LogP contribution in [0.2, 0.25) is 20.1 Å². The van der Waals surface area contributed by atoms with Crippen LogP contribution in [0.1, 0.15) is 11.1 Å². The van der Waals surface area contributed by atoms with Crippen LogP contribution >= 0.6 is 46.4 Å². The molecule has 0 atom stereocenters. The van der Waals surface area contributed by atoms with E-state index < -0.39 is 0 Å². The van der Waals surface area contributed by atoms with E-state index in [2.05, 4.69) is 9.98 Å². The summed E-state index contributed by atoms with van der Waals surface area (Å²) in [6.07, 6.45) is 3.40. The van der Waals surface area contributed by atoms with Gasteiger partial charge in [0.05, 0.1) is 21.4 Å². The summed E-state index contributed by atoms with van der Waals surface area (Å²) in [4.78, 5) is 8.88. The van der Waals surface area contributed by atoms with Crippen molar-refractivity contribution in [1.82, 2.24) is 0 Å². The van der Waals surface area contributed by atoms with E-state index in [0.717, 1.165) is 22.5 Å². The molecule has 164 valence electrons. The lowest BCUT2D eigenvalue weighted by atomic mass is 10.2. The van der Waals surface area contributed by atoms with Crippen LogP contribution in [0.5, 0.6) is 11.5 Å². The second-order valence-electron chi connectivity index (χ2n) is 6.94. The topological polar surface area (TPSA) is 34.0 Å². The molecule has 0 spiro atoms. The average molecular weight is 514 g/mol. The first-order valence-corrected chi connectivity index (χ1v) is 11.3. The lowest BCUT2D eigenvalue weighted by Gasteiger charge is -2.06. The molecule has 0 amide bonds. The fraction of sp³-hybridized carbons (Fsp3) is 0. The van der Waals surface area contributed by atoms with Crippen LogP contribution in [-0.2, 0) is 0 Å². The maximum atomic E-state index is 6.17. The molecule has 4 rings (SSSR count). The van der Waals surface area contributed by atoms with Crippen LogP contribution in [0.3, 0.4) is 0 Å². The molecule has 0 aliphatic heterocycles. The highest BCUT2D eigenvalue weighted by Crippen LogP contribution is 2.27. The Hall–Kier alpha value is -2.82. The van der Waals surface area contributed by atoms with Crippen molar-refractivity contribution in [3.8, 4) is 11.5 Å². The van der Waals surface area contributed by atoms with Gasteiger partial charge in [0.2, 0.25) is 0 Å². The lowest BCUT2D eigenvalue weighted by molar-refractivity contribution is 0.483. The van der Waals surface area contributed by atoms with Gasteiger partial charge in [0.15, 0.2) is 0 Å². The zero-order valence-corrected chi connectivity index (χ0v) is 20.1. The minimum absolute atomic E-state index is 0.551. The second kappa shape index (κ2) is 10.9. The molecular formula is C26H16Cl4N2O. The van der Waals surface area contributed by atoms with Gasteiger partial charge >= 0.3 is 0 Å². The van der Waals surface area contributed by atoms with Crippen LogP contribution in [0.25, 0.3) is 0 Å². The van der Waals surface area contributed by atoms with Gasteiger partial charge in [-0.15, -0.1) is 0 Å². The Bertz CT molecular complexity index is 1210. The molecule has 4 aromatic rings. The molecule has 0 aromatic heterocycles. The standard InChI is InChI=1S/C26H16Cl4N2O/c27-19-3-1-17(25(29)13-19)15-31-21-5-9-23(10-6-21)33-24-11-7-22(8-12-24)32-16-18-2-4-20(28)14-26(18)30/h1-16H. The van der Waals surface area contributed by atoms with Crippen molar-refractivity contribution in [2.75, 3.05) is 0 Å². The number of aliphatic imine (C=N–C) groups is 2. The van der Waals surface area contributed by atoms with Gasteiger partial charge < -0.3 is 4.74 Å². The number of rotatable bonds is 6. The van der Waals surface area contributed by atoms with E-state index in [1.54, 1.807) is 36.7 Å². The Morgan fingerprint density at radius 3 is 1.27 bits per heavy atom. The summed E-state index contributed by atoms with van der Waals surface area (Å²) in [6.45, 7) is 0. The van der Waals surface area contributed by atoms with Gasteiger partial charge in [-0.2, -0.15) is 0 Å². The van der Waals surface area contributed by atoms with E-state index in [0.29, 0.717) is 31.6 Å². The Morgan fingerprint density at radius 2 is 0.909 bits per heavy atom. The van der Waals surface area contributed by atoms with E-state index in [9.17, 15) is 0 Å². The van der Waals surface area contributed by atoms with Crippen molar-refractivity contribution >= 4 is 70.2 Å². The average Bonchev–Trinajstić information content (AvgIpc) is 2.80. The largest absolute Gasteiger partial charge is 0.457 e. The SMILES string of the molecule is Clc1ccc(C=Nc2ccc(Oc3ccc(N=Cc4ccc(Cl)cc4Cl)cc3)cc2)c(Cl)c1. The van der Waals surface area contributed by atoms with Crippen LogP contribution in [0, 0.1) is 0 Å². The van der Waals surface area contributed by atoms with Gasteiger partial charge in [-0.05, 0) is 72.8 Å². The molecule has 0 saturated heterocycles. The van der Waals surface area contributed by atoms with Gasteiger partial charge in [0.1, 0.15) is 11.5 Å². The highest BCUT2D eigenvalue weighted by atomic mass is 35.5. The monoisotopic (exact) mass is 512 g/mol. The third kappa shape index (κ3) is 6.59. The first-order chi connectivity index (χ1) is 16.0. The molecule has 0 aliphatic rings. The number of hydrogen-bond acceptors (Lipinski definition) is 3. The molecule has 0 N–H and O–H groups in total. The summed E-state index contributed by atoms with van der Waals surface area (Å²) in [6, 6.07) is 25.4. The molecule has 0 unspecified atom stereocenters. The minimum Gasteiger partial charge on any atom is -0.457 e. The fourth-order valence-electron chi connectivity index (χ4n) is 2.84. The van der Waals surface area contributed by atoms with E-state index in [1.165, 1.54) is 0 Å². The van der Waals surface area contributed by atoms with Gasteiger partial charge in [-0.3, -0.25) is 9.98 Å². The zero-order chi connectivity index (χ0) is 23.2. The normalized spacial score (nSPS) is 11.4. The van der Waals surface area contributed by atoms with E-state index >= 15 is 0 Å². The third-order valence-corrected chi connectivity index (χ3v) is 5.66. The van der Waals surface area contributed by atoms with E-state index in [1.807, 2.05) is 60.7 Å². The molecule has 0 fully saturated rings. The van der Waals surface area contributed by atoms with Crippen molar-refractivity contribution < 1.29 is 4.74 Å². The minimum atomic E-state index is 0.551. The number of halogens is 4. The van der Waals surface area contributed by atoms with Crippen LogP contribution in [0.4, 0.5) is 11.4 Å². The van der Waals surface area contributed by atoms with Gasteiger partial charge in [-0.1, -0.05) is 58.5 Å². The Balaban J connectivity index is 1.38. The van der Waals surface area contributed by atoms with Crippen molar-refractivity contribution in [1.29, 1.82) is 0 Å². The smallest absolute Gasteiger partial charge is 0.127 e. The maximum Gasteiger partial charge on any atom is 0.127 e. The number of hydrogen-bond donors (Lipinski definition) is 0. The Morgan fingerprint density at radius 1 is 0.515 bits per heavy atom. The Kier molecular flexibility index (Phi) is 7.69. The first kappa shape index (κ1) is 23.3. The van der Waals surface area contributed by atoms with Crippen molar-refractivity contribution in [2.45, 2.75) is 0 Å². The van der Waals surface area contributed by atoms with Gasteiger partial charge in [0, 0.05) is 33.6 Å². The van der Waals surface area contributed by atoms with Crippen LogP contribution in [-0.4, -0.2) is 12.4 Å². The second-order valence-corrected chi connectivity index (χ2v) is 8.63. The fourth-order valence-corrected chi connectivity index (χ4v) is 3.75. The summed E-state index contributed by atoms with van der Waals surface area (Å²) in [7, 11) is 0. The molecule has 0 bridgehead atoms. The molecule has 0 aliphatic carbocycles. The summed E-state index contributed by atoms with van der Waals surface area (Å²) in [5.74, 6) is 1.39. The summed E-state index contributed by atoms with van der Waals surface area (Å²) < 4.78 is 5.90. The molecule has 0 radical (unpaired) electrons. The molecule has 7 heteroatoms. The third-order valence-electron chi connectivity index (χ3n) is 4.54. The van der Waals surface area contributed by atoms with Crippen LogP contribution < -0.4 is 4.74 Å². The Labute approximate surface area is 211 Å². The molecule has 0 heterocycles. The summed E-state index contributed by atoms with van der Waals surface area (Å²) in [5, 5.41) is 2.28. The molecule has 33 heavy (non-hydrogen) atoms. The highest BCUT2D eigenvalue weighted by Gasteiger charge is 2.01. The number of nitrogens with zero attached hydrogens (tertiary/aromatic N) is 2. The van der Waals surface area contributed by atoms with E-state index in [-0.39, 0.29) is 0 Å². The van der Waals surface area contributed by atoms with Crippen molar-refractivity contribution in [2.24, 2.45) is 9.98 Å². The molecule has 0 saturated carbocycles. The molecular weight excluding hydrogens is 498 g/mol. The lowest BCUT2D eigenvalue weighted by Crippen LogP contribution is -1.84. The maximum absolute atomic E-state index is 6.17. The summed E-state index contributed by atoms with van der Waals surface area (Å²) >= 11 is 24.2. The van der Waals surface area contributed by atoms with Gasteiger partial charge in [-0.25, -0.2) is 0 Å². The number of ether oxygens (including phenoxy) is 1. The van der Waals surface area contributed by atoms with E-state index in [4.69, 9.17) is 51.1 Å². The predicted molar refractivity (Wildman–Crippen MR) is 140 cm³/mol. The zero-order valence-electron chi connectivity index (χ0n) is 17.1. The number of benzene rings is 4. The quantitative estimate of drug-likeness (QED) is 0.236. The van der Waals surface area contributed by atoms with Crippen molar-refractivity contribution in [3.05, 3.63) is 116 Å². The first-order valence-electron chi connectivity index (χ1n) is 9.82. The molecule has 3 nitrogen and oxygen atoms in total. The van der Waals surface area contributed by atoms with Gasteiger partial charge in [0.25, 0.3) is 0 Å². The van der Waals surface area contributed by atoms with Crippen LogP contribution in [0.15, 0.2) is 94.9 Å². The molecule has 4 aromatic carbocycles. The highest BCUT2D eigenvalue weighted by molar-refractivity contribution is 6.36. The van der Waals surface area contributed by atoms with Crippen molar-refractivity contribution in [3.63, 3.8) is 0 Å². The predicted octanol–water partition coefficient (Wildman–Crippen LogP) is 9.59. The summed E-state index contributed by atoms with van der Waals surface area (Å²) in [5.41, 5.74) is 3.14.